The molecule has 7 heteroatoms. The number of nitrogens with one attached hydrogen (secondary N) is 2. The number of H-pyrrole nitrogens is 1. The van der Waals surface area contributed by atoms with Crippen LogP contribution < -0.4 is 5.32 Å². The molecular weight excluding hydrogens is 262 g/mol. The third-order valence-corrected chi connectivity index (χ3v) is 4.40. The predicted molar refractivity (Wildman–Crippen MR) is 75.5 cm³/mol. The van der Waals surface area contributed by atoms with Crippen molar-refractivity contribution in [2.45, 2.75) is 30.0 Å². The fourth-order valence-corrected chi connectivity index (χ4v) is 3.25. The van der Waals surface area contributed by atoms with Gasteiger partial charge in [0.2, 0.25) is 5.95 Å². The highest BCUT2D eigenvalue weighted by molar-refractivity contribution is 8.00. The van der Waals surface area contributed by atoms with Gasteiger partial charge in [0.15, 0.2) is 5.65 Å². The molecule has 0 atom stereocenters. The summed E-state index contributed by atoms with van der Waals surface area (Å²) in [5.41, 5.74) is 0.792. The molecule has 6 nitrogen and oxygen atoms in total. The van der Waals surface area contributed by atoms with Gasteiger partial charge < -0.3 is 10.1 Å². The SMILES string of the molecule is CCNc1nc(SC2CCOCC2)c2cn[nH]c2n1. The zero-order valence-corrected chi connectivity index (χ0v) is 11.7. The van der Waals surface area contributed by atoms with Crippen LogP contribution >= 0.6 is 11.8 Å². The summed E-state index contributed by atoms with van der Waals surface area (Å²) in [6.07, 6.45) is 3.95. The normalized spacial score (nSPS) is 16.9. The molecule has 0 unspecified atom stereocenters. The molecule has 3 heterocycles. The van der Waals surface area contributed by atoms with Gasteiger partial charge in [0.1, 0.15) is 5.03 Å². The predicted octanol–water partition coefficient (Wildman–Crippen LogP) is 2.06. The van der Waals surface area contributed by atoms with E-state index in [4.69, 9.17) is 4.74 Å². The van der Waals surface area contributed by atoms with Crippen molar-refractivity contribution >= 4 is 28.7 Å². The molecule has 1 aliphatic rings. The monoisotopic (exact) mass is 279 g/mol. The summed E-state index contributed by atoms with van der Waals surface area (Å²) in [4.78, 5) is 9.00. The molecule has 0 amide bonds. The molecule has 0 saturated carbocycles. The van der Waals surface area contributed by atoms with Crippen molar-refractivity contribution in [2.24, 2.45) is 0 Å². The van der Waals surface area contributed by atoms with Gasteiger partial charge in [0, 0.05) is 25.0 Å². The molecule has 2 aromatic rings. The van der Waals surface area contributed by atoms with Crippen molar-refractivity contribution < 1.29 is 4.74 Å². The lowest BCUT2D eigenvalue weighted by Crippen LogP contribution is -2.17. The first kappa shape index (κ1) is 12.7. The van der Waals surface area contributed by atoms with Crippen LogP contribution in [0.1, 0.15) is 19.8 Å². The Balaban J connectivity index is 1.88. The topological polar surface area (TPSA) is 75.7 Å². The molecule has 1 aliphatic heterocycles. The molecule has 0 spiro atoms. The molecule has 0 bridgehead atoms. The molecule has 0 radical (unpaired) electrons. The first-order valence-electron chi connectivity index (χ1n) is 6.56. The fraction of sp³-hybridized carbons (Fsp3) is 0.583. The summed E-state index contributed by atoms with van der Waals surface area (Å²) in [6.45, 7) is 4.53. The molecule has 102 valence electrons. The Labute approximate surface area is 115 Å². The Bertz CT molecular complexity index is 552. The number of fused-ring (bicyclic) bond motifs is 1. The van der Waals surface area contributed by atoms with Crippen LogP contribution in [0.15, 0.2) is 11.2 Å². The third kappa shape index (κ3) is 2.82. The zero-order valence-electron chi connectivity index (χ0n) is 10.8. The standard InChI is InChI=1S/C12H17N5OS/c1-2-13-12-15-10-9(7-14-17-10)11(16-12)19-8-3-5-18-6-4-8/h7-8H,2-6H2,1H3,(H2,13,14,15,16,17). The van der Waals surface area contributed by atoms with Crippen molar-refractivity contribution in [1.29, 1.82) is 0 Å². The Morgan fingerprint density at radius 1 is 1.42 bits per heavy atom. The Morgan fingerprint density at radius 2 is 2.26 bits per heavy atom. The van der Waals surface area contributed by atoms with E-state index >= 15 is 0 Å². The lowest BCUT2D eigenvalue weighted by Gasteiger charge is -2.21. The summed E-state index contributed by atoms with van der Waals surface area (Å²) in [5, 5.41) is 12.7. The van der Waals surface area contributed by atoms with Crippen LogP contribution in [0.3, 0.4) is 0 Å². The average Bonchev–Trinajstić information content (AvgIpc) is 2.89. The second-order valence-electron chi connectivity index (χ2n) is 4.44. The van der Waals surface area contributed by atoms with Crippen molar-refractivity contribution in [3.05, 3.63) is 6.20 Å². The maximum absolute atomic E-state index is 5.40. The number of nitrogens with zero attached hydrogens (tertiary/aromatic N) is 3. The summed E-state index contributed by atoms with van der Waals surface area (Å²) in [7, 11) is 0. The highest BCUT2D eigenvalue weighted by atomic mass is 32.2. The maximum Gasteiger partial charge on any atom is 0.225 e. The number of aromatic amines is 1. The van der Waals surface area contributed by atoms with Gasteiger partial charge in [0.25, 0.3) is 0 Å². The van der Waals surface area contributed by atoms with E-state index < -0.39 is 0 Å². The minimum absolute atomic E-state index is 0.566. The van der Waals surface area contributed by atoms with Gasteiger partial charge in [-0.15, -0.1) is 11.8 Å². The number of thioether (sulfide) groups is 1. The van der Waals surface area contributed by atoms with Gasteiger partial charge in [-0.25, -0.2) is 4.98 Å². The van der Waals surface area contributed by atoms with E-state index in [9.17, 15) is 0 Å². The van der Waals surface area contributed by atoms with Crippen LogP contribution in [0.25, 0.3) is 11.0 Å². The zero-order chi connectivity index (χ0) is 13.1. The first-order chi connectivity index (χ1) is 9.36. The summed E-state index contributed by atoms with van der Waals surface area (Å²) >= 11 is 1.81. The van der Waals surface area contributed by atoms with Gasteiger partial charge in [-0.3, -0.25) is 5.10 Å². The Hall–Kier alpha value is -1.34. The highest BCUT2D eigenvalue weighted by Gasteiger charge is 2.18. The molecule has 1 fully saturated rings. The van der Waals surface area contributed by atoms with Gasteiger partial charge in [-0.05, 0) is 19.8 Å². The first-order valence-corrected chi connectivity index (χ1v) is 7.44. The van der Waals surface area contributed by atoms with Crippen molar-refractivity contribution in [3.63, 3.8) is 0 Å². The van der Waals surface area contributed by atoms with Gasteiger partial charge >= 0.3 is 0 Å². The number of ether oxygens (including phenoxy) is 1. The minimum Gasteiger partial charge on any atom is -0.381 e. The van der Waals surface area contributed by atoms with E-state index in [0.717, 1.165) is 48.7 Å². The Morgan fingerprint density at radius 3 is 3.05 bits per heavy atom. The fourth-order valence-electron chi connectivity index (χ4n) is 2.09. The molecule has 3 rings (SSSR count). The largest absolute Gasteiger partial charge is 0.381 e. The van der Waals surface area contributed by atoms with E-state index in [1.807, 2.05) is 18.7 Å². The van der Waals surface area contributed by atoms with E-state index in [2.05, 4.69) is 25.5 Å². The van der Waals surface area contributed by atoms with Crippen LogP contribution in [0.4, 0.5) is 5.95 Å². The molecule has 2 N–H and O–H groups in total. The van der Waals surface area contributed by atoms with E-state index in [0.29, 0.717) is 11.2 Å². The quantitative estimate of drug-likeness (QED) is 0.834. The molecule has 0 aromatic carbocycles. The second-order valence-corrected chi connectivity index (χ2v) is 5.73. The van der Waals surface area contributed by atoms with Crippen molar-refractivity contribution in [3.8, 4) is 0 Å². The number of aromatic nitrogens is 4. The average molecular weight is 279 g/mol. The van der Waals surface area contributed by atoms with E-state index in [1.54, 1.807) is 6.20 Å². The van der Waals surface area contributed by atoms with Gasteiger partial charge in [0.05, 0.1) is 11.6 Å². The second kappa shape index (κ2) is 5.75. The summed E-state index contributed by atoms with van der Waals surface area (Å²) in [6, 6.07) is 0. The molecule has 0 aliphatic carbocycles. The molecular formula is C12H17N5OS. The van der Waals surface area contributed by atoms with Crippen molar-refractivity contribution in [1.82, 2.24) is 20.2 Å². The molecule has 2 aromatic heterocycles. The highest BCUT2D eigenvalue weighted by Crippen LogP contribution is 2.32. The number of hydrogen-bond acceptors (Lipinski definition) is 6. The number of rotatable bonds is 4. The number of hydrogen-bond donors (Lipinski definition) is 2. The third-order valence-electron chi connectivity index (χ3n) is 3.06. The lowest BCUT2D eigenvalue weighted by atomic mass is 10.2. The van der Waals surface area contributed by atoms with Crippen LogP contribution in [0, 0.1) is 0 Å². The molecule has 1 saturated heterocycles. The van der Waals surface area contributed by atoms with Crippen LogP contribution in [0.2, 0.25) is 0 Å². The Kier molecular flexibility index (Phi) is 3.84. The van der Waals surface area contributed by atoms with Crippen LogP contribution in [-0.2, 0) is 4.74 Å². The summed E-state index contributed by atoms with van der Waals surface area (Å²) in [5.74, 6) is 0.661. The smallest absolute Gasteiger partial charge is 0.225 e. The van der Waals surface area contributed by atoms with Crippen molar-refractivity contribution in [2.75, 3.05) is 25.1 Å². The van der Waals surface area contributed by atoms with Gasteiger partial charge in [-0.2, -0.15) is 10.1 Å². The number of anilines is 1. The lowest BCUT2D eigenvalue weighted by molar-refractivity contribution is 0.1000. The van der Waals surface area contributed by atoms with Gasteiger partial charge in [-0.1, -0.05) is 0 Å². The van der Waals surface area contributed by atoms with E-state index in [1.165, 1.54) is 0 Å². The minimum atomic E-state index is 0.566. The van der Waals surface area contributed by atoms with Crippen LogP contribution in [0.5, 0.6) is 0 Å². The van der Waals surface area contributed by atoms with E-state index in [-0.39, 0.29) is 0 Å². The molecule has 19 heavy (non-hydrogen) atoms. The summed E-state index contributed by atoms with van der Waals surface area (Å²) < 4.78 is 5.40. The van der Waals surface area contributed by atoms with Crippen LogP contribution in [-0.4, -0.2) is 45.2 Å². The maximum atomic E-state index is 5.40.